The molecule has 7 nitrogen and oxygen atoms in total. The average molecular weight is 385 g/mol. The van der Waals surface area contributed by atoms with Crippen molar-refractivity contribution in [3.8, 4) is 0 Å². The Morgan fingerprint density at radius 2 is 1.78 bits per heavy atom. The first-order chi connectivity index (χ1) is 12.6. The highest BCUT2D eigenvalue weighted by atomic mass is 19.3. The van der Waals surface area contributed by atoms with Crippen molar-refractivity contribution >= 4 is 17.9 Å². The van der Waals surface area contributed by atoms with Crippen LogP contribution >= 0.6 is 0 Å². The number of rotatable bonds is 9. The number of alkyl halides is 2. The first-order valence-corrected chi connectivity index (χ1v) is 8.43. The van der Waals surface area contributed by atoms with Gasteiger partial charge in [-0.2, -0.15) is 0 Å². The molecule has 150 valence electrons. The summed E-state index contributed by atoms with van der Waals surface area (Å²) in [4.78, 5) is 35.7. The monoisotopic (exact) mass is 385 g/mol. The first kappa shape index (κ1) is 22.3. The highest BCUT2D eigenvalue weighted by Gasteiger charge is 2.45. The first-order valence-electron chi connectivity index (χ1n) is 8.43. The van der Waals surface area contributed by atoms with Crippen molar-refractivity contribution in [3.63, 3.8) is 0 Å². The Labute approximate surface area is 156 Å². The van der Waals surface area contributed by atoms with Crippen LogP contribution in [-0.2, 0) is 20.9 Å². The van der Waals surface area contributed by atoms with Crippen molar-refractivity contribution in [2.75, 3.05) is 0 Å². The lowest BCUT2D eigenvalue weighted by atomic mass is 9.99. The number of carbonyl (C=O) groups excluding carboxylic acids is 3. The number of alkyl carbamates (subject to hydrolysis) is 1. The van der Waals surface area contributed by atoms with Gasteiger partial charge in [0.25, 0.3) is 12.3 Å². The van der Waals surface area contributed by atoms with Crippen LogP contribution in [0.2, 0.25) is 0 Å². The number of carbonyl (C=O) groups is 3. The second-order valence-electron chi connectivity index (χ2n) is 6.75. The minimum absolute atomic E-state index is 0.00981. The van der Waals surface area contributed by atoms with Crippen LogP contribution in [0, 0.1) is 5.92 Å². The molecule has 3 amide bonds. The number of hydrogen-bond donors (Lipinski definition) is 3. The quantitative estimate of drug-likeness (QED) is 0.603. The van der Waals surface area contributed by atoms with E-state index in [9.17, 15) is 23.2 Å². The maximum atomic E-state index is 13.5. The molecular formula is C18H25F2N3O4. The average Bonchev–Trinajstić information content (AvgIpc) is 2.59. The van der Waals surface area contributed by atoms with Crippen LogP contribution in [0.15, 0.2) is 30.3 Å². The highest BCUT2D eigenvalue weighted by Crippen LogP contribution is 2.17. The second-order valence-corrected chi connectivity index (χ2v) is 6.75. The molecule has 0 aliphatic heterocycles. The Morgan fingerprint density at radius 3 is 2.26 bits per heavy atom. The molecule has 0 unspecified atom stereocenters. The molecule has 9 heteroatoms. The van der Waals surface area contributed by atoms with E-state index >= 15 is 0 Å². The second kappa shape index (κ2) is 9.84. The molecule has 1 aromatic carbocycles. The van der Waals surface area contributed by atoms with Gasteiger partial charge in [0, 0.05) is 0 Å². The minimum atomic E-state index is -3.24. The molecule has 0 saturated carbocycles. The van der Waals surface area contributed by atoms with Crippen LogP contribution < -0.4 is 16.4 Å². The van der Waals surface area contributed by atoms with E-state index in [0.29, 0.717) is 5.56 Å². The van der Waals surface area contributed by atoms with Gasteiger partial charge in [0.1, 0.15) is 12.6 Å². The van der Waals surface area contributed by atoms with Crippen LogP contribution in [0.1, 0.15) is 32.8 Å². The molecule has 0 aromatic heterocycles. The van der Waals surface area contributed by atoms with Gasteiger partial charge in [-0.3, -0.25) is 9.59 Å². The lowest BCUT2D eigenvalue weighted by molar-refractivity contribution is -0.136. The molecule has 2 atom stereocenters. The van der Waals surface area contributed by atoms with Gasteiger partial charge in [0.2, 0.25) is 5.91 Å². The van der Waals surface area contributed by atoms with Gasteiger partial charge in [-0.15, -0.1) is 0 Å². The van der Waals surface area contributed by atoms with E-state index in [1.54, 1.807) is 44.2 Å². The molecule has 0 spiro atoms. The predicted octanol–water partition coefficient (Wildman–Crippen LogP) is 1.95. The number of amides is 3. The molecule has 0 saturated heterocycles. The van der Waals surface area contributed by atoms with Crippen molar-refractivity contribution in [2.24, 2.45) is 11.7 Å². The molecule has 1 aromatic rings. The van der Waals surface area contributed by atoms with Crippen LogP contribution in [0.3, 0.4) is 0 Å². The maximum absolute atomic E-state index is 13.5. The summed E-state index contributed by atoms with van der Waals surface area (Å²) in [7, 11) is 0. The van der Waals surface area contributed by atoms with Crippen molar-refractivity contribution in [3.05, 3.63) is 35.9 Å². The Balaban J connectivity index is 2.78. The maximum Gasteiger partial charge on any atom is 0.408 e. The van der Waals surface area contributed by atoms with Crippen molar-refractivity contribution in [1.82, 2.24) is 10.6 Å². The number of halogens is 2. The number of hydrogen-bond acceptors (Lipinski definition) is 4. The Kier molecular flexibility index (Phi) is 8.14. The SMILES string of the molecule is CC(C)C[C@H](NC(=O)[C@](C)(NC(=O)OCc1ccccc1)C(F)F)C(N)=O. The van der Waals surface area contributed by atoms with Crippen LogP contribution in [0.5, 0.6) is 0 Å². The molecule has 0 fully saturated rings. The molecule has 0 aliphatic rings. The predicted molar refractivity (Wildman–Crippen MR) is 94.8 cm³/mol. The van der Waals surface area contributed by atoms with E-state index < -0.39 is 35.9 Å². The summed E-state index contributed by atoms with van der Waals surface area (Å²) in [5.41, 5.74) is 3.28. The standard InChI is InChI=1S/C18H25F2N3O4/c1-11(2)9-13(14(21)24)22-16(25)18(3,15(19)20)23-17(26)27-10-12-7-5-4-6-8-12/h4-8,11,13,15H,9-10H2,1-3H3,(H2,21,24)(H,22,25)(H,23,26)/t13-,18+/m0/s1. The number of nitrogens with two attached hydrogens (primary N) is 1. The fourth-order valence-corrected chi connectivity index (χ4v) is 2.21. The van der Waals surface area contributed by atoms with Gasteiger partial charge in [-0.05, 0) is 24.8 Å². The third-order valence-corrected chi connectivity index (χ3v) is 3.84. The summed E-state index contributed by atoms with van der Waals surface area (Å²) in [5, 5.41) is 4.07. The molecule has 0 aliphatic carbocycles. The Bertz CT molecular complexity index is 655. The lowest BCUT2D eigenvalue weighted by Crippen LogP contribution is -2.63. The molecule has 0 bridgehead atoms. The summed E-state index contributed by atoms with van der Waals surface area (Å²) in [6.07, 6.45) is -4.25. The van der Waals surface area contributed by atoms with Gasteiger partial charge in [0.05, 0.1) is 0 Å². The molecule has 27 heavy (non-hydrogen) atoms. The Hall–Kier alpha value is -2.71. The third-order valence-electron chi connectivity index (χ3n) is 3.84. The summed E-state index contributed by atoms with van der Waals surface area (Å²) in [6, 6.07) is 7.48. The zero-order chi connectivity index (χ0) is 20.6. The largest absolute Gasteiger partial charge is 0.445 e. The number of nitrogens with one attached hydrogen (secondary N) is 2. The zero-order valence-electron chi connectivity index (χ0n) is 15.5. The van der Waals surface area contributed by atoms with Gasteiger partial charge >= 0.3 is 6.09 Å². The van der Waals surface area contributed by atoms with Crippen LogP contribution in [0.25, 0.3) is 0 Å². The zero-order valence-corrected chi connectivity index (χ0v) is 15.5. The van der Waals surface area contributed by atoms with Gasteiger partial charge in [-0.1, -0.05) is 44.2 Å². The van der Waals surface area contributed by atoms with Crippen LogP contribution in [-0.4, -0.2) is 35.9 Å². The van der Waals surface area contributed by atoms with E-state index in [4.69, 9.17) is 10.5 Å². The van der Waals surface area contributed by atoms with E-state index in [0.717, 1.165) is 6.92 Å². The normalized spacial score (nSPS) is 14.3. The van der Waals surface area contributed by atoms with Crippen LogP contribution in [0.4, 0.5) is 13.6 Å². The van der Waals surface area contributed by atoms with Crippen molar-refractivity contribution in [2.45, 2.75) is 51.8 Å². The summed E-state index contributed by atoms with van der Waals surface area (Å²) < 4.78 is 31.9. The summed E-state index contributed by atoms with van der Waals surface area (Å²) in [6.45, 7) is 4.27. The number of benzene rings is 1. The summed E-state index contributed by atoms with van der Waals surface area (Å²) in [5.74, 6) is -2.08. The minimum Gasteiger partial charge on any atom is -0.445 e. The molecule has 4 N–H and O–H groups in total. The number of primary amides is 1. The van der Waals surface area contributed by atoms with E-state index in [-0.39, 0.29) is 18.9 Å². The fraction of sp³-hybridized carbons (Fsp3) is 0.500. The van der Waals surface area contributed by atoms with Gasteiger partial charge in [-0.25, -0.2) is 13.6 Å². The molecular weight excluding hydrogens is 360 g/mol. The topological polar surface area (TPSA) is 111 Å². The van der Waals surface area contributed by atoms with E-state index in [1.165, 1.54) is 0 Å². The summed E-state index contributed by atoms with van der Waals surface area (Å²) >= 11 is 0. The molecule has 0 radical (unpaired) electrons. The van der Waals surface area contributed by atoms with Crippen molar-refractivity contribution in [1.29, 1.82) is 0 Å². The smallest absolute Gasteiger partial charge is 0.408 e. The molecule has 0 heterocycles. The van der Waals surface area contributed by atoms with Crippen molar-refractivity contribution < 1.29 is 27.9 Å². The van der Waals surface area contributed by atoms with Gasteiger partial charge < -0.3 is 21.1 Å². The van der Waals surface area contributed by atoms with E-state index in [2.05, 4.69) is 5.32 Å². The fourth-order valence-electron chi connectivity index (χ4n) is 2.21. The van der Waals surface area contributed by atoms with E-state index in [1.807, 2.05) is 5.32 Å². The Morgan fingerprint density at radius 1 is 1.19 bits per heavy atom. The molecule has 1 rings (SSSR count). The third kappa shape index (κ3) is 6.84. The lowest BCUT2D eigenvalue weighted by Gasteiger charge is -2.30. The number of ether oxygens (including phenoxy) is 1. The van der Waals surface area contributed by atoms with Gasteiger partial charge in [0.15, 0.2) is 5.54 Å². The highest BCUT2D eigenvalue weighted by molar-refractivity contribution is 5.93.